The van der Waals surface area contributed by atoms with Gasteiger partial charge in [-0.2, -0.15) is 0 Å². The van der Waals surface area contributed by atoms with Crippen molar-refractivity contribution in [1.82, 2.24) is 14.8 Å². The first kappa shape index (κ1) is 21.4. The number of hydrogen-bond donors (Lipinski definition) is 1. The van der Waals surface area contributed by atoms with Crippen LogP contribution in [0.25, 0.3) is 0 Å². The van der Waals surface area contributed by atoms with Gasteiger partial charge < -0.3 is 24.6 Å². The molecule has 8 nitrogen and oxygen atoms in total. The normalized spacial score (nSPS) is 18.7. The molecule has 3 heterocycles. The molecular formula is C22H25ClN4O4. The van der Waals surface area contributed by atoms with Crippen LogP contribution >= 0.6 is 11.6 Å². The van der Waals surface area contributed by atoms with Gasteiger partial charge in [0.2, 0.25) is 5.88 Å². The molecule has 1 aromatic heterocycles. The number of hydrogen-bond acceptors (Lipinski definition) is 5. The van der Waals surface area contributed by atoms with Crippen LogP contribution in [0.15, 0.2) is 36.5 Å². The number of likely N-dealkylation sites (tertiary alicyclic amines) is 1. The average molecular weight is 445 g/mol. The molecule has 1 N–H and O–H groups in total. The molecule has 2 aliphatic heterocycles. The first-order valence-electron chi connectivity index (χ1n) is 10.3. The SMILES string of the molecule is Cc1c(Cl)cccc1NC(=O)N1CCC(Oc2ncccc2C(=O)N2CCOCC2)C1. The Kier molecular flexibility index (Phi) is 6.58. The molecule has 2 aliphatic rings. The fraction of sp³-hybridized carbons (Fsp3) is 0.409. The number of carbonyl (C=O) groups excluding carboxylic acids is 2. The molecule has 164 valence electrons. The summed E-state index contributed by atoms with van der Waals surface area (Å²) in [6.07, 6.45) is 2.02. The summed E-state index contributed by atoms with van der Waals surface area (Å²) >= 11 is 6.14. The van der Waals surface area contributed by atoms with Gasteiger partial charge in [0.25, 0.3) is 5.91 Å². The lowest BCUT2D eigenvalue weighted by Gasteiger charge is -2.27. The third-order valence-electron chi connectivity index (χ3n) is 5.52. The number of benzene rings is 1. The summed E-state index contributed by atoms with van der Waals surface area (Å²) in [5, 5.41) is 3.51. The molecule has 4 rings (SSSR count). The monoisotopic (exact) mass is 444 g/mol. The smallest absolute Gasteiger partial charge is 0.321 e. The van der Waals surface area contributed by atoms with Gasteiger partial charge in [0.05, 0.1) is 19.8 Å². The van der Waals surface area contributed by atoms with E-state index in [4.69, 9.17) is 21.1 Å². The molecule has 0 spiro atoms. The molecule has 0 radical (unpaired) electrons. The Labute approximate surface area is 186 Å². The Morgan fingerprint density at radius 2 is 1.97 bits per heavy atom. The summed E-state index contributed by atoms with van der Waals surface area (Å²) in [4.78, 5) is 33.3. The molecule has 2 aromatic rings. The molecule has 1 aromatic carbocycles. The summed E-state index contributed by atoms with van der Waals surface area (Å²) in [5.41, 5.74) is 1.94. The van der Waals surface area contributed by atoms with Crippen molar-refractivity contribution in [3.05, 3.63) is 52.7 Å². The van der Waals surface area contributed by atoms with Crippen LogP contribution in [0.5, 0.6) is 5.88 Å². The summed E-state index contributed by atoms with van der Waals surface area (Å²) < 4.78 is 11.4. The third-order valence-corrected chi connectivity index (χ3v) is 5.93. The highest BCUT2D eigenvalue weighted by Crippen LogP contribution is 2.25. The van der Waals surface area contributed by atoms with Crippen LogP contribution in [-0.2, 0) is 4.74 Å². The van der Waals surface area contributed by atoms with Crippen LogP contribution in [0.2, 0.25) is 5.02 Å². The topological polar surface area (TPSA) is 84.0 Å². The summed E-state index contributed by atoms with van der Waals surface area (Å²) in [6.45, 7) is 4.98. The maximum atomic E-state index is 12.9. The highest BCUT2D eigenvalue weighted by atomic mass is 35.5. The number of halogens is 1. The highest BCUT2D eigenvalue weighted by Gasteiger charge is 2.30. The number of aromatic nitrogens is 1. The van der Waals surface area contributed by atoms with E-state index in [2.05, 4.69) is 10.3 Å². The van der Waals surface area contributed by atoms with Crippen molar-refractivity contribution in [3.63, 3.8) is 0 Å². The van der Waals surface area contributed by atoms with Crippen LogP contribution < -0.4 is 10.1 Å². The Hall–Kier alpha value is -2.84. The molecule has 0 aliphatic carbocycles. The van der Waals surface area contributed by atoms with Crippen molar-refractivity contribution < 1.29 is 19.1 Å². The molecule has 2 saturated heterocycles. The van der Waals surface area contributed by atoms with E-state index in [0.717, 1.165) is 5.56 Å². The minimum absolute atomic E-state index is 0.115. The van der Waals surface area contributed by atoms with Gasteiger partial charge in [-0.3, -0.25) is 4.79 Å². The molecule has 3 amide bonds. The van der Waals surface area contributed by atoms with Crippen molar-refractivity contribution in [1.29, 1.82) is 0 Å². The Morgan fingerprint density at radius 1 is 1.16 bits per heavy atom. The molecular weight excluding hydrogens is 420 g/mol. The van der Waals surface area contributed by atoms with Gasteiger partial charge in [0.1, 0.15) is 11.7 Å². The van der Waals surface area contributed by atoms with Crippen molar-refractivity contribution in [2.45, 2.75) is 19.4 Å². The van der Waals surface area contributed by atoms with Crippen molar-refractivity contribution >= 4 is 29.2 Å². The maximum absolute atomic E-state index is 12.9. The first-order valence-corrected chi connectivity index (χ1v) is 10.7. The minimum Gasteiger partial charge on any atom is -0.472 e. The zero-order valence-corrected chi connectivity index (χ0v) is 18.1. The number of pyridine rings is 1. The zero-order valence-electron chi connectivity index (χ0n) is 17.3. The fourth-order valence-corrected chi connectivity index (χ4v) is 3.86. The van der Waals surface area contributed by atoms with E-state index < -0.39 is 0 Å². The van der Waals surface area contributed by atoms with Crippen LogP contribution in [0.1, 0.15) is 22.3 Å². The number of carbonyl (C=O) groups is 2. The second-order valence-electron chi connectivity index (χ2n) is 7.58. The van der Waals surface area contributed by atoms with Gasteiger partial charge in [-0.1, -0.05) is 17.7 Å². The fourth-order valence-electron chi connectivity index (χ4n) is 3.69. The van der Waals surface area contributed by atoms with Crippen molar-refractivity contribution in [3.8, 4) is 5.88 Å². The lowest BCUT2D eigenvalue weighted by Crippen LogP contribution is -2.41. The van der Waals surface area contributed by atoms with Crippen LogP contribution in [0.3, 0.4) is 0 Å². The van der Waals surface area contributed by atoms with Gasteiger partial charge in [-0.05, 0) is 36.8 Å². The second-order valence-corrected chi connectivity index (χ2v) is 7.98. The summed E-state index contributed by atoms with van der Waals surface area (Å²) in [6, 6.07) is 8.65. The number of amides is 3. The summed E-state index contributed by atoms with van der Waals surface area (Å²) in [5.74, 6) is 0.187. The Morgan fingerprint density at radius 3 is 2.77 bits per heavy atom. The minimum atomic E-state index is -0.239. The predicted octanol–water partition coefficient (Wildman–Crippen LogP) is 3.20. The molecule has 0 bridgehead atoms. The number of nitrogens with one attached hydrogen (secondary N) is 1. The van der Waals surface area contributed by atoms with Gasteiger partial charge in [-0.25, -0.2) is 9.78 Å². The van der Waals surface area contributed by atoms with Gasteiger partial charge in [0.15, 0.2) is 0 Å². The maximum Gasteiger partial charge on any atom is 0.321 e. The second kappa shape index (κ2) is 9.53. The predicted molar refractivity (Wildman–Crippen MR) is 117 cm³/mol. The van der Waals surface area contributed by atoms with Crippen molar-refractivity contribution in [2.24, 2.45) is 0 Å². The molecule has 1 unspecified atom stereocenters. The van der Waals surface area contributed by atoms with Crippen LogP contribution in [0.4, 0.5) is 10.5 Å². The lowest BCUT2D eigenvalue weighted by atomic mass is 10.2. The third kappa shape index (κ3) is 4.91. The van der Waals surface area contributed by atoms with E-state index in [-0.39, 0.29) is 18.0 Å². The first-order chi connectivity index (χ1) is 15.0. The molecule has 31 heavy (non-hydrogen) atoms. The largest absolute Gasteiger partial charge is 0.472 e. The van der Waals surface area contributed by atoms with E-state index in [9.17, 15) is 9.59 Å². The van der Waals surface area contributed by atoms with Crippen LogP contribution in [-0.4, -0.2) is 72.2 Å². The highest BCUT2D eigenvalue weighted by molar-refractivity contribution is 6.31. The van der Waals surface area contributed by atoms with Crippen molar-refractivity contribution in [2.75, 3.05) is 44.7 Å². The molecule has 0 saturated carbocycles. The number of nitrogens with zero attached hydrogens (tertiary/aromatic N) is 3. The van der Waals surface area contributed by atoms with Gasteiger partial charge in [-0.15, -0.1) is 0 Å². The van der Waals surface area contributed by atoms with E-state index in [1.807, 2.05) is 13.0 Å². The van der Waals surface area contributed by atoms with Gasteiger partial charge in [0, 0.05) is 43.0 Å². The molecule has 9 heteroatoms. The Bertz CT molecular complexity index is 964. The molecule has 2 fully saturated rings. The number of ether oxygens (including phenoxy) is 2. The Balaban J connectivity index is 1.39. The average Bonchev–Trinajstić information content (AvgIpc) is 3.26. The molecule has 1 atom stereocenters. The van der Waals surface area contributed by atoms with Gasteiger partial charge >= 0.3 is 6.03 Å². The van der Waals surface area contributed by atoms with Crippen LogP contribution in [0, 0.1) is 6.92 Å². The number of anilines is 1. The van der Waals surface area contributed by atoms with E-state index in [1.54, 1.807) is 40.3 Å². The lowest BCUT2D eigenvalue weighted by molar-refractivity contribution is 0.0298. The quantitative estimate of drug-likeness (QED) is 0.782. The number of morpholine rings is 1. The van der Waals surface area contributed by atoms with E-state index >= 15 is 0 Å². The summed E-state index contributed by atoms with van der Waals surface area (Å²) in [7, 11) is 0. The number of urea groups is 1. The van der Waals surface area contributed by atoms with E-state index in [1.165, 1.54) is 0 Å². The standard InChI is InChI=1S/C22H25ClN4O4/c1-15-18(23)5-2-6-19(15)25-22(29)27-9-7-16(14-27)31-20-17(4-3-8-24-20)21(28)26-10-12-30-13-11-26/h2-6,8,16H,7,9-14H2,1H3,(H,25,29). The zero-order chi connectivity index (χ0) is 21.8. The van der Waals surface area contributed by atoms with E-state index in [0.29, 0.717) is 68.0 Å². The number of rotatable bonds is 4.